The molecule has 39 nitrogen and oxygen atoms in total. The smallest absolute Gasteiger partial charge is 0.108 e. The second-order valence-electron chi connectivity index (χ2n) is 29.9. The summed E-state index contributed by atoms with van der Waals surface area (Å²) in [5.74, 6) is 0. The Morgan fingerprint density at radius 1 is 0.153 bits per heavy atom. The maximum atomic E-state index is 9.10. The number of aliphatic hydroxyl groups is 38. The molecule has 0 aromatic heterocycles. The lowest BCUT2D eigenvalue weighted by Crippen LogP contribution is -2.42. The molecule has 0 fully saturated rings. The number of aliphatic hydroxyl groups excluding tert-OH is 38. The fraction of sp³-hybridized carbons (Fsp3) is 1.00. The molecule has 40 N–H and O–H groups in total. The van der Waals surface area contributed by atoms with Gasteiger partial charge in [0.05, 0.1) is 122 Å². The van der Waals surface area contributed by atoms with Gasteiger partial charge in [0.25, 0.3) is 0 Å². The number of hydrogen-bond acceptors (Lipinski definition) is 39. The van der Waals surface area contributed by atoms with Crippen LogP contribution in [0, 0.1) is 0 Å². The van der Waals surface area contributed by atoms with Crippen molar-refractivity contribution in [1.82, 2.24) is 0 Å². The Bertz CT molecular complexity index is 1540. The molecule has 0 heterocycles. The van der Waals surface area contributed by atoms with Crippen molar-refractivity contribution >= 4 is 0 Å². The molecule has 39 heteroatoms. The fourth-order valence-electron chi connectivity index (χ4n) is 5.27. The van der Waals surface area contributed by atoms with Gasteiger partial charge in [-0.05, 0) is 215 Å². The standard InChI is InChI=1S/4C7H16O4.4C6H14O3.3C4H10O.C3H9NO.6C3H8O/c4*1-3-5(9)7(11)6(10)4(2)8;4*1-3-5(8)6(9)4(2)7;3*1-3-4(2)5;1-3(5)2-4;3*1-3(2)4;3*1-2-3-4/h4*4-11H,3H2,1-2H3;4*4-9H,3H2,1-2H3;3*4-5H,3H2,1-2H3;3,5H,2,4H2,1H3;3*3-4H,1-2H3;3*4H,2-3H2,1H3/t4-,5+,6+,7+;4-,5+,6+,7-;4-,5+,6-,7+;4-,5-,6-,7-;4-,5+,6+;4-,5+,6-;4-,5-,6+;4-,5-,6-;2*4-;;;;;;;;/m0001001110......../s1. The third-order valence-corrected chi connectivity index (χ3v) is 14.6. The summed E-state index contributed by atoms with van der Waals surface area (Å²) >= 11 is 0. The Morgan fingerprint density at radius 2 is 0.226 bits per heavy atom. The molecule has 0 amide bonds. The Morgan fingerprint density at radius 3 is 0.258 bits per heavy atom. The van der Waals surface area contributed by atoms with Crippen molar-refractivity contribution < 1.29 is 194 Å². The lowest BCUT2D eigenvalue weighted by molar-refractivity contribution is -0.100. The minimum Gasteiger partial charge on any atom is -0.396 e. The van der Waals surface area contributed by atoms with E-state index in [1.54, 1.807) is 125 Å². The van der Waals surface area contributed by atoms with E-state index in [0.29, 0.717) is 77.7 Å². The van der Waals surface area contributed by atoms with Crippen molar-refractivity contribution in [3.05, 3.63) is 0 Å². The van der Waals surface area contributed by atoms with Crippen molar-refractivity contribution in [2.45, 2.75) is 525 Å². The van der Waals surface area contributed by atoms with Crippen LogP contribution in [0.5, 0.6) is 0 Å². The molecule has 0 bridgehead atoms. The van der Waals surface area contributed by atoms with Gasteiger partial charge < -0.3 is 200 Å². The maximum Gasteiger partial charge on any atom is 0.108 e. The Kier molecular flexibility index (Phi) is 159. The van der Waals surface area contributed by atoms with Crippen molar-refractivity contribution in [3.8, 4) is 0 Å². The lowest BCUT2D eigenvalue weighted by atomic mass is 10.0. The third-order valence-electron chi connectivity index (χ3n) is 14.6. The first-order valence-electron chi connectivity index (χ1n) is 43.8. The molecular weight excluding hydrogens is 1640 g/mol. The predicted molar refractivity (Wildman–Crippen MR) is 487 cm³/mol. The maximum absolute atomic E-state index is 9.10. The molecule has 0 aliphatic heterocycles. The van der Waals surface area contributed by atoms with E-state index in [9.17, 15) is 0 Å². The van der Waals surface area contributed by atoms with Crippen molar-refractivity contribution in [2.24, 2.45) is 5.73 Å². The minimum absolute atomic E-state index is 0.116. The summed E-state index contributed by atoms with van der Waals surface area (Å²) in [6.45, 7) is 55.2. The number of nitrogens with two attached hydrogens (primary N) is 1. The van der Waals surface area contributed by atoms with Gasteiger partial charge in [0.1, 0.15) is 73.2 Å². The molecule has 0 spiro atoms. The molecule has 780 valence electrons. The third kappa shape index (κ3) is 155. The highest BCUT2D eigenvalue weighted by molar-refractivity contribution is 4.81. The Balaban J connectivity index is -0.0000000607. The zero-order valence-corrected chi connectivity index (χ0v) is 82.5. The summed E-state index contributed by atoms with van der Waals surface area (Å²) in [6.07, 6.45) is -21.4. The van der Waals surface area contributed by atoms with Crippen LogP contribution in [0.2, 0.25) is 0 Å². The van der Waals surface area contributed by atoms with Crippen LogP contribution < -0.4 is 5.73 Å². The predicted octanol–water partition coefficient (Wildman–Crippen LogP) is -2.58. The van der Waals surface area contributed by atoms with Crippen molar-refractivity contribution in [1.29, 1.82) is 0 Å². The van der Waals surface area contributed by atoms with E-state index >= 15 is 0 Å². The summed E-state index contributed by atoms with van der Waals surface area (Å²) in [5, 5.41) is 331. The summed E-state index contributed by atoms with van der Waals surface area (Å²) in [7, 11) is 0. The molecule has 0 rings (SSSR count). The van der Waals surface area contributed by atoms with E-state index in [1.807, 2.05) is 41.5 Å². The van der Waals surface area contributed by atoms with Crippen LogP contribution in [0.25, 0.3) is 0 Å². The first kappa shape index (κ1) is 166. The van der Waals surface area contributed by atoms with Gasteiger partial charge in [-0.25, -0.2) is 0 Å². The first-order chi connectivity index (χ1) is 56.4. The second kappa shape index (κ2) is 119. The van der Waals surface area contributed by atoms with Crippen LogP contribution in [0.1, 0.15) is 311 Å². The average Bonchev–Trinajstić information content (AvgIpc) is 0.925. The van der Waals surface area contributed by atoms with E-state index in [1.165, 1.54) is 55.4 Å². The Labute approximate surface area is 748 Å². The van der Waals surface area contributed by atoms with Crippen LogP contribution in [0.4, 0.5) is 0 Å². The fourth-order valence-corrected chi connectivity index (χ4v) is 5.27. The van der Waals surface area contributed by atoms with Gasteiger partial charge in [-0.2, -0.15) is 0 Å². The van der Waals surface area contributed by atoms with Gasteiger partial charge in [0, 0.05) is 44.7 Å². The van der Waals surface area contributed by atoms with Gasteiger partial charge in [0.2, 0.25) is 0 Å². The summed E-state index contributed by atoms with van der Waals surface area (Å²) < 4.78 is 0. The highest BCUT2D eigenvalue weighted by Gasteiger charge is 2.30. The number of rotatable bonds is 35. The summed E-state index contributed by atoms with van der Waals surface area (Å²) in [4.78, 5) is 0. The quantitative estimate of drug-likeness (QED) is 0.0310. The lowest BCUT2D eigenvalue weighted by Gasteiger charge is -2.23. The van der Waals surface area contributed by atoms with E-state index < -0.39 is 171 Å². The molecule has 32 atom stereocenters. The van der Waals surface area contributed by atoms with E-state index in [-0.39, 0.29) is 42.7 Å². The minimum atomic E-state index is -1.27. The van der Waals surface area contributed by atoms with Crippen LogP contribution >= 0.6 is 0 Å². The van der Waals surface area contributed by atoms with Gasteiger partial charge in [0.15, 0.2) is 0 Å². The average molecular weight is 1850 g/mol. The molecule has 124 heavy (non-hydrogen) atoms. The molecule has 0 saturated carbocycles. The Hall–Kier alpha value is -1.56. The van der Waals surface area contributed by atoms with Crippen molar-refractivity contribution in [2.75, 3.05) is 26.4 Å². The van der Waals surface area contributed by atoms with Gasteiger partial charge >= 0.3 is 0 Å². The van der Waals surface area contributed by atoms with Gasteiger partial charge in [-0.1, -0.05) is 96.9 Å². The molecular formula is C85H207NO38. The molecule has 0 aromatic carbocycles. The monoisotopic (exact) mass is 1850 g/mol. The zero-order chi connectivity index (χ0) is 104. The molecule has 2 unspecified atom stereocenters. The highest BCUT2D eigenvalue weighted by Crippen LogP contribution is 2.11. The van der Waals surface area contributed by atoms with Crippen molar-refractivity contribution in [3.63, 3.8) is 0 Å². The molecule has 0 saturated heterocycles. The normalized spacial score (nSPS) is 18.0. The van der Waals surface area contributed by atoms with E-state index in [4.69, 9.17) is 200 Å². The van der Waals surface area contributed by atoms with E-state index in [0.717, 1.165) is 38.5 Å². The SMILES string of the molecule is CC(C)O.CC(C)O.CC(C)O.CC(O)CN.CCC(C)O.CCCO.CCCO.CCCO.CC[C@@H](C)O.CC[C@@H](O)[C@@H](O)[C@@H](C)O.CC[C@@H](O)[C@@H](O)[C@@H](O)[C@H](C)O.CC[C@@H](O)[C@@H](O)[C@H](C)O.CC[C@@H](O)[C@@H](O)[C@H](O)[C@@H](C)O.CC[C@@H](O)[C@@H](O)[C@H](O)[C@H](C)O.CC[C@@H](O)[C@H](O)[C@@H](C)O.CC[C@@H](O)[C@H](O)[C@H](C)O.CC[C@@H](O)[C@H](O)[C@H](O)[C@H](C)O.CC[C@H](C)O. The zero-order valence-electron chi connectivity index (χ0n) is 82.5. The van der Waals surface area contributed by atoms with Gasteiger partial charge in [-0.3, -0.25) is 0 Å². The van der Waals surface area contributed by atoms with Crippen LogP contribution in [0.15, 0.2) is 0 Å². The molecule has 0 aliphatic rings. The summed E-state index contributed by atoms with van der Waals surface area (Å²) in [6, 6.07) is 0. The molecule has 0 aromatic rings. The van der Waals surface area contributed by atoms with E-state index in [2.05, 4.69) is 0 Å². The first-order valence-corrected chi connectivity index (χ1v) is 43.8. The molecule has 0 radical (unpaired) electrons. The second-order valence-corrected chi connectivity index (χ2v) is 29.9. The summed E-state index contributed by atoms with van der Waals surface area (Å²) in [5.41, 5.74) is 4.92. The van der Waals surface area contributed by atoms with Gasteiger partial charge in [-0.15, -0.1) is 0 Å². The van der Waals surface area contributed by atoms with Crippen LogP contribution in [-0.2, 0) is 0 Å². The number of hydrogen-bond donors (Lipinski definition) is 39. The largest absolute Gasteiger partial charge is 0.396 e. The van der Waals surface area contributed by atoms with Crippen LogP contribution in [0.3, 0.4) is 0 Å². The molecule has 0 aliphatic carbocycles. The topological polar surface area (TPSA) is 795 Å². The highest BCUT2D eigenvalue weighted by atomic mass is 16.4. The van der Waals surface area contributed by atoms with Crippen LogP contribution in [-0.4, -0.2) is 434 Å².